The van der Waals surface area contributed by atoms with Gasteiger partial charge in [-0.25, -0.2) is 0 Å². The maximum Gasteiger partial charge on any atom is 0.316 e. The number of carbonyl (C=O) groups is 2. The predicted molar refractivity (Wildman–Crippen MR) is 82.1 cm³/mol. The van der Waals surface area contributed by atoms with Gasteiger partial charge in [-0.05, 0) is 31.9 Å². The van der Waals surface area contributed by atoms with Gasteiger partial charge in [-0.2, -0.15) is 0 Å². The molecule has 0 heterocycles. The van der Waals surface area contributed by atoms with Crippen LogP contribution in [0.2, 0.25) is 0 Å². The number of para-hydroxylation sites is 1. The maximum atomic E-state index is 12.1. The van der Waals surface area contributed by atoms with Gasteiger partial charge >= 0.3 is 5.97 Å². The summed E-state index contributed by atoms with van der Waals surface area (Å²) in [6.07, 6.45) is 1.59. The zero-order valence-electron chi connectivity index (χ0n) is 12.1. The number of carboxylic acid groups (broad SMARTS) is 1. The lowest BCUT2D eigenvalue weighted by Crippen LogP contribution is -2.22. The Kier molecular flexibility index (Phi) is 6.58. The van der Waals surface area contributed by atoms with Crippen molar-refractivity contribution in [2.45, 2.75) is 43.8 Å². The first-order valence-electron chi connectivity index (χ1n) is 6.78. The number of aliphatic carboxylic acids is 1. The minimum atomic E-state index is -0.865. The summed E-state index contributed by atoms with van der Waals surface area (Å²) in [6, 6.07) is 7.30. The third-order valence-electron chi connectivity index (χ3n) is 3.15. The van der Waals surface area contributed by atoms with E-state index < -0.39 is 11.2 Å². The molecule has 0 radical (unpaired) electrons. The molecule has 1 aromatic carbocycles. The van der Waals surface area contributed by atoms with Crippen LogP contribution in [0.3, 0.4) is 0 Å². The summed E-state index contributed by atoms with van der Waals surface area (Å²) in [6.45, 7) is 5.61. The topological polar surface area (TPSA) is 66.4 Å². The molecule has 1 amide bonds. The van der Waals surface area contributed by atoms with E-state index in [9.17, 15) is 9.59 Å². The van der Waals surface area contributed by atoms with Gasteiger partial charge in [0.2, 0.25) is 5.91 Å². The second-order valence-electron chi connectivity index (χ2n) is 4.60. The van der Waals surface area contributed by atoms with Crippen LogP contribution in [-0.4, -0.2) is 22.2 Å². The van der Waals surface area contributed by atoms with Crippen LogP contribution in [0.1, 0.15) is 33.6 Å². The van der Waals surface area contributed by atoms with Crippen molar-refractivity contribution in [3.05, 3.63) is 24.3 Å². The fraction of sp³-hybridized carbons (Fsp3) is 0.467. The highest BCUT2D eigenvalue weighted by atomic mass is 32.2. The van der Waals surface area contributed by atoms with Crippen LogP contribution >= 0.6 is 11.8 Å². The van der Waals surface area contributed by atoms with Crippen molar-refractivity contribution in [2.24, 2.45) is 5.92 Å². The van der Waals surface area contributed by atoms with E-state index >= 15 is 0 Å². The van der Waals surface area contributed by atoms with E-state index in [0.29, 0.717) is 5.69 Å². The molecule has 20 heavy (non-hydrogen) atoms. The standard InChI is InChI=1S/C15H21NO3S/c1-4-11(5-2)14(17)16-12-8-6-7-9-13(12)20-10(3)15(18)19/h6-11H,4-5H2,1-3H3,(H,16,17)(H,18,19)/t10-/m1/s1. The van der Waals surface area contributed by atoms with E-state index in [4.69, 9.17) is 5.11 Å². The number of anilines is 1. The van der Waals surface area contributed by atoms with Gasteiger partial charge in [-0.15, -0.1) is 11.8 Å². The number of nitrogens with one attached hydrogen (secondary N) is 1. The fourth-order valence-corrected chi connectivity index (χ4v) is 2.69. The van der Waals surface area contributed by atoms with Crippen LogP contribution in [0, 0.1) is 5.92 Å². The molecule has 0 unspecified atom stereocenters. The van der Waals surface area contributed by atoms with Crippen molar-refractivity contribution in [2.75, 3.05) is 5.32 Å². The lowest BCUT2D eigenvalue weighted by Gasteiger charge is -2.16. The smallest absolute Gasteiger partial charge is 0.316 e. The van der Waals surface area contributed by atoms with Crippen molar-refractivity contribution in [3.63, 3.8) is 0 Å². The molecule has 0 saturated carbocycles. The Hall–Kier alpha value is -1.49. The van der Waals surface area contributed by atoms with Gasteiger partial charge in [0.25, 0.3) is 0 Å². The first-order valence-corrected chi connectivity index (χ1v) is 7.66. The monoisotopic (exact) mass is 295 g/mol. The highest BCUT2D eigenvalue weighted by Crippen LogP contribution is 2.31. The van der Waals surface area contributed by atoms with Crippen molar-refractivity contribution in [1.29, 1.82) is 0 Å². The van der Waals surface area contributed by atoms with E-state index in [1.54, 1.807) is 13.0 Å². The van der Waals surface area contributed by atoms with Gasteiger partial charge < -0.3 is 10.4 Å². The Morgan fingerprint density at radius 1 is 1.25 bits per heavy atom. The lowest BCUT2D eigenvalue weighted by molar-refractivity contribution is -0.136. The molecular formula is C15H21NO3S. The number of amides is 1. The van der Waals surface area contributed by atoms with Crippen molar-refractivity contribution in [1.82, 2.24) is 0 Å². The molecule has 0 fully saturated rings. The van der Waals surface area contributed by atoms with E-state index in [1.165, 1.54) is 11.8 Å². The zero-order chi connectivity index (χ0) is 15.1. The first-order chi connectivity index (χ1) is 9.49. The molecule has 0 aliphatic carbocycles. The van der Waals surface area contributed by atoms with Gasteiger partial charge in [0.1, 0.15) is 5.25 Å². The number of carboxylic acids is 1. The molecule has 0 bridgehead atoms. The largest absolute Gasteiger partial charge is 0.480 e. The summed E-state index contributed by atoms with van der Waals surface area (Å²) in [5.74, 6) is -0.882. The number of hydrogen-bond acceptors (Lipinski definition) is 3. The summed E-state index contributed by atoms with van der Waals surface area (Å²) >= 11 is 1.23. The molecule has 2 N–H and O–H groups in total. The molecule has 0 aromatic heterocycles. The average Bonchev–Trinajstić information content (AvgIpc) is 2.42. The van der Waals surface area contributed by atoms with Crippen LogP contribution in [0.15, 0.2) is 29.2 Å². The molecule has 0 saturated heterocycles. The Labute approximate surface area is 124 Å². The first kappa shape index (κ1) is 16.6. The molecule has 1 aromatic rings. The lowest BCUT2D eigenvalue weighted by atomic mass is 10.0. The number of thioether (sulfide) groups is 1. The van der Waals surface area contributed by atoms with Crippen LogP contribution < -0.4 is 5.32 Å². The molecular weight excluding hydrogens is 274 g/mol. The second kappa shape index (κ2) is 7.94. The summed E-state index contributed by atoms with van der Waals surface area (Å²) in [7, 11) is 0. The molecule has 4 nitrogen and oxygen atoms in total. The highest BCUT2D eigenvalue weighted by Gasteiger charge is 2.18. The van der Waals surface area contributed by atoms with Crippen LogP contribution in [0.5, 0.6) is 0 Å². The zero-order valence-corrected chi connectivity index (χ0v) is 12.9. The van der Waals surface area contributed by atoms with Crippen LogP contribution in [0.4, 0.5) is 5.69 Å². The van der Waals surface area contributed by atoms with Gasteiger partial charge in [-0.3, -0.25) is 9.59 Å². The molecule has 0 aliphatic rings. The van der Waals surface area contributed by atoms with Gasteiger partial charge in [0, 0.05) is 10.8 Å². The third-order valence-corrected chi connectivity index (χ3v) is 4.32. The summed E-state index contributed by atoms with van der Waals surface area (Å²) < 4.78 is 0. The molecule has 0 spiro atoms. The second-order valence-corrected chi connectivity index (χ2v) is 5.98. The van der Waals surface area contributed by atoms with Gasteiger partial charge in [0.15, 0.2) is 0 Å². The number of rotatable bonds is 7. The van der Waals surface area contributed by atoms with Crippen molar-refractivity contribution in [3.8, 4) is 0 Å². The number of hydrogen-bond donors (Lipinski definition) is 2. The Morgan fingerprint density at radius 3 is 2.40 bits per heavy atom. The van der Waals surface area contributed by atoms with Crippen LogP contribution in [-0.2, 0) is 9.59 Å². The summed E-state index contributed by atoms with van der Waals surface area (Å²) in [4.78, 5) is 23.8. The Bertz CT molecular complexity index is 472. The minimum Gasteiger partial charge on any atom is -0.480 e. The Morgan fingerprint density at radius 2 is 1.85 bits per heavy atom. The van der Waals surface area contributed by atoms with E-state index in [1.807, 2.05) is 32.0 Å². The molecule has 5 heteroatoms. The highest BCUT2D eigenvalue weighted by molar-refractivity contribution is 8.00. The van der Waals surface area contributed by atoms with E-state index in [-0.39, 0.29) is 11.8 Å². The normalized spacial score (nSPS) is 12.2. The van der Waals surface area contributed by atoms with Crippen molar-refractivity contribution >= 4 is 29.3 Å². The molecule has 110 valence electrons. The fourth-order valence-electron chi connectivity index (χ4n) is 1.81. The van der Waals surface area contributed by atoms with Gasteiger partial charge in [-0.1, -0.05) is 26.0 Å². The number of benzene rings is 1. The molecule has 1 atom stereocenters. The maximum absolute atomic E-state index is 12.1. The van der Waals surface area contributed by atoms with Crippen LogP contribution in [0.25, 0.3) is 0 Å². The average molecular weight is 295 g/mol. The van der Waals surface area contributed by atoms with Crippen molar-refractivity contribution < 1.29 is 14.7 Å². The predicted octanol–water partition coefficient (Wildman–Crippen LogP) is 3.63. The SMILES string of the molecule is CCC(CC)C(=O)Nc1ccccc1S[C@H](C)C(=O)O. The summed E-state index contributed by atoms with van der Waals surface area (Å²) in [5.41, 5.74) is 0.683. The van der Waals surface area contributed by atoms with Gasteiger partial charge in [0.05, 0.1) is 5.69 Å². The Balaban J connectivity index is 2.85. The third kappa shape index (κ3) is 4.56. The quantitative estimate of drug-likeness (QED) is 0.754. The van der Waals surface area contributed by atoms with E-state index in [2.05, 4.69) is 5.32 Å². The molecule has 1 rings (SSSR count). The summed E-state index contributed by atoms with van der Waals surface area (Å²) in [5, 5.41) is 11.3. The molecule has 0 aliphatic heterocycles. The number of carbonyl (C=O) groups excluding carboxylic acids is 1. The minimum absolute atomic E-state index is 0.00831. The van der Waals surface area contributed by atoms with E-state index in [0.717, 1.165) is 17.7 Å².